The molecule has 1 fully saturated rings. The smallest absolute Gasteiger partial charge is 0.316 e. The summed E-state index contributed by atoms with van der Waals surface area (Å²) in [5, 5.41) is 17.9. The highest BCUT2D eigenvalue weighted by Crippen LogP contribution is 2.39. The summed E-state index contributed by atoms with van der Waals surface area (Å²) in [4.78, 5) is 22.6. The average molecular weight is 353 g/mol. The Labute approximate surface area is 150 Å². The minimum Gasteiger partial charge on any atom is -0.455 e. The topological polar surface area (TPSA) is 110 Å². The van der Waals surface area contributed by atoms with Crippen molar-refractivity contribution in [2.75, 3.05) is 6.54 Å². The van der Waals surface area contributed by atoms with E-state index in [9.17, 15) is 10.1 Å². The highest BCUT2D eigenvalue weighted by molar-refractivity contribution is 5.85. The Morgan fingerprint density at radius 1 is 1.23 bits per heavy atom. The van der Waals surface area contributed by atoms with Crippen LogP contribution < -0.4 is 4.74 Å². The van der Waals surface area contributed by atoms with Crippen molar-refractivity contribution < 1.29 is 9.53 Å². The first kappa shape index (κ1) is 16.4. The van der Waals surface area contributed by atoms with E-state index in [4.69, 9.17) is 4.74 Å². The summed E-state index contributed by atoms with van der Waals surface area (Å²) in [6.45, 7) is 1.72. The van der Waals surface area contributed by atoms with Crippen LogP contribution in [0.4, 0.5) is 0 Å². The minimum absolute atomic E-state index is 0.0674. The quantitative estimate of drug-likeness (QED) is 0.808. The molecule has 1 aliphatic carbocycles. The van der Waals surface area contributed by atoms with Gasteiger partial charge in [-0.3, -0.25) is 4.79 Å². The average Bonchev–Trinajstić information content (AvgIpc) is 3.34. The normalized spacial score (nSPS) is 18.2. The van der Waals surface area contributed by atoms with Gasteiger partial charge in [0.15, 0.2) is 18.3 Å². The zero-order valence-corrected chi connectivity index (χ0v) is 14.3. The number of carbonyl (C=O) groups is 1. The highest BCUT2D eigenvalue weighted by atomic mass is 16.5. The van der Waals surface area contributed by atoms with Gasteiger partial charge in [0.1, 0.15) is 5.41 Å². The van der Waals surface area contributed by atoms with Gasteiger partial charge >= 0.3 is 6.01 Å². The molecule has 1 amide bonds. The standard InChI is InChI=1S/C17H19N7O2/c18-12-17(4-1-2-5-17)15(25)23-8-9-24-13(10-23)21-22-14(24)11-26-16-19-6-3-7-20-16/h3,6-7H,1-2,4-5,8-11H2. The Kier molecular flexibility index (Phi) is 4.24. The summed E-state index contributed by atoms with van der Waals surface area (Å²) in [5.74, 6) is 1.32. The van der Waals surface area contributed by atoms with Crippen LogP contribution in [0.5, 0.6) is 6.01 Å². The molecule has 1 aliphatic heterocycles. The molecule has 0 atom stereocenters. The maximum atomic E-state index is 12.9. The number of nitriles is 1. The Morgan fingerprint density at radius 2 is 2.00 bits per heavy atom. The fourth-order valence-corrected chi connectivity index (χ4v) is 3.64. The molecule has 134 valence electrons. The van der Waals surface area contributed by atoms with Gasteiger partial charge in [0.25, 0.3) is 0 Å². The van der Waals surface area contributed by atoms with Gasteiger partial charge in [0.05, 0.1) is 12.6 Å². The van der Waals surface area contributed by atoms with E-state index in [1.807, 2.05) is 4.57 Å². The first-order chi connectivity index (χ1) is 12.7. The van der Waals surface area contributed by atoms with Crippen LogP contribution in [0.1, 0.15) is 37.3 Å². The zero-order valence-electron chi connectivity index (χ0n) is 14.3. The summed E-state index contributed by atoms with van der Waals surface area (Å²) in [6.07, 6.45) is 6.40. The molecule has 0 saturated heterocycles. The van der Waals surface area contributed by atoms with Crippen LogP contribution in [0.2, 0.25) is 0 Å². The van der Waals surface area contributed by atoms with Gasteiger partial charge in [-0.15, -0.1) is 10.2 Å². The molecular formula is C17H19N7O2. The van der Waals surface area contributed by atoms with Crippen molar-refractivity contribution in [3.8, 4) is 12.1 Å². The molecule has 2 aliphatic rings. The van der Waals surface area contributed by atoms with E-state index < -0.39 is 5.41 Å². The van der Waals surface area contributed by atoms with E-state index >= 15 is 0 Å². The number of fused-ring (bicyclic) bond motifs is 1. The molecule has 0 spiro atoms. The molecule has 0 unspecified atom stereocenters. The Balaban J connectivity index is 1.45. The van der Waals surface area contributed by atoms with Crippen LogP contribution in [0.3, 0.4) is 0 Å². The largest absolute Gasteiger partial charge is 0.455 e. The van der Waals surface area contributed by atoms with Crippen molar-refractivity contribution in [3.05, 3.63) is 30.1 Å². The lowest BCUT2D eigenvalue weighted by Crippen LogP contribution is -2.46. The third-order valence-electron chi connectivity index (χ3n) is 5.07. The molecule has 0 N–H and O–H groups in total. The van der Waals surface area contributed by atoms with Crippen molar-refractivity contribution in [1.82, 2.24) is 29.6 Å². The number of nitrogens with zero attached hydrogens (tertiary/aromatic N) is 7. The van der Waals surface area contributed by atoms with Gasteiger partial charge in [-0.05, 0) is 18.9 Å². The molecule has 9 heteroatoms. The van der Waals surface area contributed by atoms with Crippen molar-refractivity contribution in [2.45, 2.75) is 45.4 Å². The number of hydrogen-bond donors (Lipinski definition) is 0. The molecular weight excluding hydrogens is 334 g/mol. The first-order valence-electron chi connectivity index (χ1n) is 8.73. The highest BCUT2D eigenvalue weighted by Gasteiger charge is 2.44. The predicted molar refractivity (Wildman–Crippen MR) is 88.3 cm³/mol. The van der Waals surface area contributed by atoms with E-state index in [1.165, 1.54) is 0 Å². The monoisotopic (exact) mass is 353 g/mol. The lowest BCUT2D eigenvalue weighted by atomic mass is 9.86. The molecule has 4 rings (SSSR count). The van der Waals surface area contributed by atoms with Gasteiger partial charge in [0.2, 0.25) is 5.91 Å². The van der Waals surface area contributed by atoms with Crippen LogP contribution in [0, 0.1) is 16.7 Å². The molecule has 0 radical (unpaired) electrons. The fourth-order valence-electron chi connectivity index (χ4n) is 3.64. The van der Waals surface area contributed by atoms with Crippen LogP contribution in [0.25, 0.3) is 0 Å². The summed E-state index contributed by atoms with van der Waals surface area (Å²) in [6, 6.07) is 4.28. The van der Waals surface area contributed by atoms with Gasteiger partial charge < -0.3 is 14.2 Å². The number of ether oxygens (including phenoxy) is 1. The number of aromatic nitrogens is 5. The van der Waals surface area contributed by atoms with Crippen LogP contribution >= 0.6 is 0 Å². The zero-order chi connectivity index (χ0) is 18.0. The van der Waals surface area contributed by atoms with Gasteiger partial charge in [0, 0.05) is 25.5 Å². The van der Waals surface area contributed by atoms with E-state index in [0.29, 0.717) is 44.1 Å². The lowest BCUT2D eigenvalue weighted by Gasteiger charge is -2.32. The second-order valence-corrected chi connectivity index (χ2v) is 6.63. The Hall–Kier alpha value is -3.02. The van der Waals surface area contributed by atoms with Gasteiger partial charge in [-0.25, -0.2) is 9.97 Å². The number of carbonyl (C=O) groups excluding carboxylic acids is 1. The molecule has 1 saturated carbocycles. The van der Waals surface area contributed by atoms with Gasteiger partial charge in [-0.1, -0.05) is 12.8 Å². The lowest BCUT2D eigenvalue weighted by molar-refractivity contribution is -0.140. The van der Waals surface area contributed by atoms with E-state index in [0.717, 1.165) is 12.8 Å². The first-order valence-corrected chi connectivity index (χ1v) is 8.73. The molecule has 2 aromatic rings. The number of hydrogen-bond acceptors (Lipinski definition) is 7. The third-order valence-corrected chi connectivity index (χ3v) is 5.07. The minimum atomic E-state index is -0.848. The van der Waals surface area contributed by atoms with Crippen molar-refractivity contribution in [2.24, 2.45) is 5.41 Å². The van der Waals surface area contributed by atoms with Crippen LogP contribution in [0.15, 0.2) is 18.5 Å². The molecule has 0 bridgehead atoms. The third kappa shape index (κ3) is 2.87. The van der Waals surface area contributed by atoms with E-state index in [2.05, 4.69) is 26.2 Å². The van der Waals surface area contributed by atoms with Crippen LogP contribution in [-0.2, 0) is 24.5 Å². The fraction of sp³-hybridized carbons (Fsp3) is 0.529. The van der Waals surface area contributed by atoms with Gasteiger partial charge in [-0.2, -0.15) is 5.26 Å². The maximum Gasteiger partial charge on any atom is 0.316 e. The summed E-state index contributed by atoms with van der Waals surface area (Å²) in [7, 11) is 0. The Bertz CT molecular complexity index is 837. The molecule has 26 heavy (non-hydrogen) atoms. The maximum absolute atomic E-state index is 12.9. The number of amides is 1. The summed E-state index contributed by atoms with van der Waals surface area (Å²) < 4.78 is 7.50. The molecule has 9 nitrogen and oxygen atoms in total. The summed E-state index contributed by atoms with van der Waals surface area (Å²) >= 11 is 0. The van der Waals surface area contributed by atoms with Crippen LogP contribution in [-0.4, -0.2) is 42.1 Å². The molecule has 3 heterocycles. The van der Waals surface area contributed by atoms with Crippen molar-refractivity contribution in [3.63, 3.8) is 0 Å². The summed E-state index contributed by atoms with van der Waals surface area (Å²) in [5.41, 5.74) is -0.848. The van der Waals surface area contributed by atoms with Crippen molar-refractivity contribution >= 4 is 5.91 Å². The SMILES string of the molecule is N#CC1(C(=O)N2CCn3c(COc4ncccn4)nnc3C2)CCCC1. The van der Waals surface area contributed by atoms with E-state index in [-0.39, 0.29) is 18.5 Å². The van der Waals surface area contributed by atoms with E-state index in [1.54, 1.807) is 23.4 Å². The second-order valence-electron chi connectivity index (χ2n) is 6.63. The number of rotatable bonds is 4. The Morgan fingerprint density at radius 3 is 2.73 bits per heavy atom. The van der Waals surface area contributed by atoms with Crippen molar-refractivity contribution in [1.29, 1.82) is 5.26 Å². The molecule has 0 aromatic carbocycles. The molecule has 2 aromatic heterocycles. The predicted octanol–water partition coefficient (Wildman–Crippen LogP) is 1.07. The second kappa shape index (κ2) is 6.71.